The van der Waals surface area contributed by atoms with Gasteiger partial charge in [-0.05, 0) is 88.0 Å². The summed E-state index contributed by atoms with van der Waals surface area (Å²) < 4.78 is 2.32. The van der Waals surface area contributed by atoms with E-state index in [0.717, 1.165) is 0 Å². The molecule has 0 saturated heterocycles. The Morgan fingerprint density at radius 3 is 2.03 bits per heavy atom. The van der Waals surface area contributed by atoms with Crippen LogP contribution in [0, 0.1) is 0 Å². The van der Waals surface area contributed by atoms with Crippen molar-refractivity contribution in [1.82, 2.24) is 4.57 Å². The molecule has 0 saturated carbocycles. The van der Waals surface area contributed by atoms with Gasteiger partial charge in [0.05, 0.1) is 5.52 Å². The van der Waals surface area contributed by atoms with Crippen LogP contribution in [0.25, 0.3) is 38.8 Å². The zero-order valence-corrected chi connectivity index (χ0v) is 22.0. The van der Waals surface area contributed by atoms with Gasteiger partial charge in [0.1, 0.15) is 0 Å². The number of rotatable bonds is 4. The fourth-order valence-electron chi connectivity index (χ4n) is 6.05. The standard InChI is InChI=1S/C36H30N2/c1-36(2)33-23-29(37(3)28-12-8-5-9-13-28)15-17-31(33)32-18-16-30(24-34(32)36)38-21-20-27-22-26(14-19-35(27)38)25-10-6-4-7-11-25/h4-24H,1-3H3. The molecule has 0 aliphatic heterocycles. The first-order valence-electron chi connectivity index (χ1n) is 13.3. The Kier molecular flexibility index (Phi) is 5.06. The molecule has 5 aromatic carbocycles. The molecule has 184 valence electrons. The number of para-hydroxylation sites is 1. The number of aromatic nitrogens is 1. The van der Waals surface area contributed by atoms with Crippen molar-refractivity contribution in [3.05, 3.63) is 139 Å². The van der Waals surface area contributed by atoms with Gasteiger partial charge in [-0.3, -0.25) is 0 Å². The number of benzene rings is 5. The molecule has 0 N–H and O–H groups in total. The summed E-state index contributed by atoms with van der Waals surface area (Å²) in [5.41, 5.74) is 12.7. The zero-order chi connectivity index (χ0) is 25.9. The van der Waals surface area contributed by atoms with Gasteiger partial charge in [0.25, 0.3) is 0 Å². The average Bonchev–Trinajstić information content (AvgIpc) is 3.49. The first-order chi connectivity index (χ1) is 18.5. The molecule has 0 fully saturated rings. The first-order valence-corrected chi connectivity index (χ1v) is 13.3. The van der Waals surface area contributed by atoms with Crippen LogP contribution in [0.4, 0.5) is 11.4 Å². The maximum Gasteiger partial charge on any atom is 0.0528 e. The van der Waals surface area contributed by atoms with Crippen molar-refractivity contribution in [2.45, 2.75) is 19.3 Å². The van der Waals surface area contributed by atoms with Gasteiger partial charge in [0, 0.05) is 41.1 Å². The van der Waals surface area contributed by atoms with Gasteiger partial charge < -0.3 is 9.47 Å². The minimum Gasteiger partial charge on any atom is -0.345 e. The molecule has 0 unspecified atom stereocenters. The van der Waals surface area contributed by atoms with Crippen LogP contribution in [0.1, 0.15) is 25.0 Å². The predicted molar refractivity (Wildman–Crippen MR) is 161 cm³/mol. The summed E-state index contributed by atoms with van der Waals surface area (Å²) in [5.74, 6) is 0. The molecule has 1 aliphatic carbocycles. The lowest BCUT2D eigenvalue weighted by atomic mass is 9.82. The van der Waals surface area contributed by atoms with Crippen LogP contribution < -0.4 is 4.90 Å². The Labute approximate surface area is 224 Å². The summed E-state index contributed by atoms with van der Waals surface area (Å²) in [6.45, 7) is 4.71. The molecule has 1 aromatic heterocycles. The molecule has 1 heterocycles. The zero-order valence-electron chi connectivity index (χ0n) is 22.0. The summed E-state index contributed by atoms with van der Waals surface area (Å²) in [6.07, 6.45) is 2.20. The van der Waals surface area contributed by atoms with E-state index in [9.17, 15) is 0 Å². The van der Waals surface area contributed by atoms with E-state index in [1.165, 1.54) is 61.3 Å². The molecule has 6 aromatic rings. The highest BCUT2D eigenvalue weighted by molar-refractivity contribution is 5.88. The van der Waals surface area contributed by atoms with Gasteiger partial charge >= 0.3 is 0 Å². The van der Waals surface area contributed by atoms with Crippen LogP contribution in [-0.2, 0) is 5.41 Å². The van der Waals surface area contributed by atoms with E-state index in [2.05, 4.69) is 158 Å². The van der Waals surface area contributed by atoms with Crippen molar-refractivity contribution < 1.29 is 0 Å². The van der Waals surface area contributed by atoms with Crippen molar-refractivity contribution in [3.63, 3.8) is 0 Å². The van der Waals surface area contributed by atoms with Crippen molar-refractivity contribution >= 4 is 22.3 Å². The number of hydrogen-bond acceptors (Lipinski definition) is 1. The van der Waals surface area contributed by atoms with Crippen LogP contribution in [-0.4, -0.2) is 11.6 Å². The number of nitrogens with zero attached hydrogens (tertiary/aromatic N) is 2. The van der Waals surface area contributed by atoms with Crippen LogP contribution >= 0.6 is 0 Å². The Balaban J connectivity index is 1.27. The molecule has 0 atom stereocenters. The lowest BCUT2D eigenvalue weighted by Crippen LogP contribution is -2.17. The Morgan fingerprint density at radius 1 is 0.579 bits per heavy atom. The maximum atomic E-state index is 2.39. The highest BCUT2D eigenvalue weighted by Crippen LogP contribution is 2.50. The molecular weight excluding hydrogens is 460 g/mol. The fraction of sp³-hybridized carbons (Fsp3) is 0.111. The van der Waals surface area contributed by atoms with Gasteiger partial charge in [-0.1, -0.05) is 80.6 Å². The van der Waals surface area contributed by atoms with E-state index in [0.29, 0.717) is 0 Å². The Morgan fingerprint density at radius 2 is 1.26 bits per heavy atom. The predicted octanol–water partition coefficient (Wildman–Crippen LogP) is 9.37. The molecule has 38 heavy (non-hydrogen) atoms. The topological polar surface area (TPSA) is 8.17 Å². The summed E-state index contributed by atoms with van der Waals surface area (Å²) in [5, 5.41) is 1.25. The van der Waals surface area contributed by atoms with E-state index in [1.807, 2.05) is 0 Å². The van der Waals surface area contributed by atoms with Gasteiger partial charge in [-0.25, -0.2) is 0 Å². The van der Waals surface area contributed by atoms with Gasteiger partial charge in [-0.2, -0.15) is 0 Å². The first kappa shape index (κ1) is 22.6. The number of fused-ring (bicyclic) bond motifs is 4. The quantitative estimate of drug-likeness (QED) is 0.239. The summed E-state index contributed by atoms with van der Waals surface area (Å²) in [7, 11) is 2.14. The van der Waals surface area contributed by atoms with Crippen LogP contribution in [0.3, 0.4) is 0 Å². The van der Waals surface area contributed by atoms with E-state index < -0.39 is 0 Å². The average molecular weight is 491 g/mol. The molecule has 0 radical (unpaired) electrons. The normalized spacial score (nSPS) is 13.3. The summed E-state index contributed by atoms with van der Waals surface area (Å²) in [6, 6.07) is 44.0. The second kappa shape index (κ2) is 8.49. The monoisotopic (exact) mass is 490 g/mol. The molecular formula is C36H30N2. The van der Waals surface area contributed by atoms with Crippen molar-refractivity contribution in [1.29, 1.82) is 0 Å². The summed E-state index contributed by atoms with van der Waals surface area (Å²) >= 11 is 0. The molecule has 2 heteroatoms. The molecule has 1 aliphatic rings. The second-order valence-electron chi connectivity index (χ2n) is 10.8. The SMILES string of the molecule is CN(c1ccccc1)c1ccc2c(c1)C(C)(C)c1cc(-n3ccc4cc(-c5ccccc5)ccc43)ccc1-2. The lowest BCUT2D eigenvalue weighted by Gasteiger charge is -2.25. The van der Waals surface area contributed by atoms with Crippen molar-refractivity contribution in [3.8, 4) is 27.9 Å². The third-order valence-electron chi connectivity index (χ3n) is 8.25. The van der Waals surface area contributed by atoms with E-state index in [1.54, 1.807) is 0 Å². The lowest BCUT2D eigenvalue weighted by molar-refractivity contribution is 0.660. The van der Waals surface area contributed by atoms with E-state index in [-0.39, 0.29) is 5.41 Å². The van der Waals surface area contributed by atoms with Crippen molar-refractivity contribution in [2.75, 3.05) is 11.9 Å². The van der Waals surface area contributed by atoms with Crippen LogP contribution in [0.15, 0.2) is 128 Å². The van der Waals surface area contributed by atoms with Gasteiger partial charge in [0.2, 0.25) is 0 Å². The second-order valence-corrected chi connectivity index (χ2v) is 10.8. The van der Waals surface area contributed by atoms with Gasteiger partial charge in [-0.15, -0.1) is 0 Å². The maximum absolute atomic E-state index is 2.39. The van der Waals surface area contributed by atoms with Crippen molar-refractivity contribution in [2.24, 2.45) is 0 Å². The minimum atomic E-state index is -0.0857. The molecule has 0 bridgehead atoms. The van der Waals surface area contributed by atoms with Crippen LogP contribution in [0.2, 0.25) is 0 Å². The number of hydrogen-bond donors (Lipinski definition) is 0. The Hall–Kier alpha value is -4.56. The molecule has 7 rings (SSSR count). The smallest absolute Gasteiger partial charge is 0.0528 e. The highest BCUT2D eigenvalue weighted by Gasteiger charge is 2.36. The van der Waals surface area contributed by atoms with E-state index in [4.69, 9.17) is 0 Å². The third-order valence-corrected chi connectivity index (χ3v) is 8.25. The largest absolute Gasteiger partial charge is 0.345 e. The fourth-order valence-corrected chi connectivity index (χ4v) is 6.05. The van der Waals surface area contributed by atoms with E-state index >= 15 is 0 Å². The third kappa shape index (κ3) is 3.48. The minimum absolute atomic E-state index is 0.0857. The van der Waals surface area contributed by atoms with Crippen LogP contribution in [0.5, 0.6) is 0 Å². The molecule has 0 spiro atoms. The highest BCUT2D eigenvalue weighted by atomic mass is 15.1. The molecule has 0 amide bonds. The number of anilines is 2. The Bertz CT molecular complexity index is 1790. The summed E-state index contributed by atoms with van der Waals surface area (Å²) in [4.78, 5) is 2.26. The molecule has 2 nitrogen and oxygen atoms in total. The van der Waals surface area contributed by atoms with Gasteiger partial charge in [0.15, 0.2) is 0 Å².